The lowest BCUT2D eigenvalue weighted by Crippen LogP contribution is -2.63. The summed E-state index contributed by atoms with van der Waals surface area (Å²) in [5, 5.41) is 0.416. The Morgan fingerprint density at radius 2 is 1.85 bits per heavy atom. The fourth-order valence-electron chi connectivity index (χ4n) is 10.9. The van der Waals surface area contributed by atoms with E-state index in [0.717, 1.165) is 107 Å². The number of rotatable bonds is 3. The number of aryl methyl sites for hydroxylation is 1. The molecule has 4 aliphatic heterocycles. The Labute approximate surface area is 333 Å². The fourth-order valence-corrected chi connectivity index (χ4v) is 14.2. The topological polar surface area (TPSA) is 108 Å². The third kappa shape index (κ3) is 7.69. The molecule has 302 valence electrons. The van der Waals surface area contributed by atoms with Gasteiger partial charge in [0.15, 0.2) is 9.84 Å². The van der Waals surface area contributed by atoms with Crippen molar-refractivity contribution < 1.29 is 26.9 Å². The van der Waals surface area contributed by atoms with Crippen LogP contribution in [0.4, 0.5) is 5.69 Å². The van der Waals surface area contributed by atoms with Crippen LogP contribution in [0.15, 0.2) is 36.4 Å². The van der Waals surface area contributed by atoms with Gasteiger partial charge in [-0.1, -0.05) is 31.0 Å². The zero-order chi connectivity index (χ0) is 38.8. The first-order valence-corrected chi connectivity index (χ1v) is 24.4. The van der Waals surface area contributed by atoms with Crippen LogP contribution in [0.2, 0.25) is 5.02 Å². The number of nitrogens with one attached hydrogen (secondary N) is 1. The maximum atomic E-state index is 14.1. The Balaban J connectivity index is 1.17. The average Bonchev–Trinajstić information content (AvgIpc) is 3.28. The van der Waals surface area contributed by atoms with Crippen molar-refractivity contribution in [3.05, 3.63) is 58.1 Å². The fraction of sp³-hybridized carbons (Fsp3) is 0.667. The monoisotopic (exact) mass is 814 g/mol. The molecule has 1 spiro atoms. The SMILES string of the molecule is C=S1(=O)NC(=O)c2ccc3c(c2)N(C[C@@H]2CC[C@H]2[C@](CN2CCN4CCS(=O)(=O)C[C@H]4C2)(OC)CCC[C@H](C)[C@H]1C)C[C@@]1(CCCc2cc(Cl)ccc21)CO3. The molecule has 1 unspecified atom stereocenters. The van der Waals surface area contributed by atoms with Crippen molar-refractivity contribution in [1.82, 2.24) is 14.5 Å². The van der Waals surface area contributed by atoms with Gasteiger partial charge in [0.05, 0.1) is 39.1 Å². The van der Waals surface area contributed by atoms with E-state index in [-0.39, 0.29) is 46.0 Å². The molecule has 13 heteroatoms. The number of fused-ring (bicyclic) bond motifs is 5. The number of halogens is 1. The highest BCUT2D eigenvalue weighted by atomic mass is 35.5. The Kier molecular flexibility index (Phi) is 10.8. The van der Waals surface area contributed by atoms with Gasteiger partial charge in [-0.2, -0.15) is 0 Å². The summed E-state index contributed by atoms with van der Waals surface area (Å²) in [5.74, 6) is 5.62. The van der Waals surface area contributed by atoms with Crippen LogP contribution in [0.5, 0.6) is 5.75 Å². The Hall–Kier alpha value is -2.35. The lowest BCUT2D eigenvalue weighted by Gasteiger charge is -2.54. The molecule has 8 rings (SSSR count). The van der Waals surface area contributed by atoms with Gasteiger partial charge in [-0.05, 0) is 117 Å². The molecule has 1 amide bonds. The van der Waals surface area contributed by atoms with Crippen LogP contribution >= 0.6 is 11.6 Å². The lowest BCUT2D eigenvalue weighted by molar-refractivity contribution is -0.135. The molecule has 55 heavy (non-hydrogen) atoms. The van der Waals surface area contributed by atoms with E-state index in [1.807, 2.05) is 32.2 Å². The number of carbonyl (C=O) groups excluding carboxylic acids is 1. The van der Waals surface area contributed by atoms with Crippen LogP contribution in [0.25, 0.3) is 0 Å². The normalized spacial score (nSPS) is 37.0. The third-order valence-corrected chi connectivity index (χ3v) is 18.6. The number of methoxy groups -OCH3 is 1. The van der Waals surface area contributed by atoms with Crippen molar-refractivity contribution in [3.8, 4) is 5.75 Å². The van der Waals surface area contributed by atoms with Crippen LogP contribution in [-0.2, 0) is 36.1 Å². The molecule has 2 aromatic carbocycles. The number of nitrogens with zero attached hydrogens (tertiary/aromatic N) is 3. The van der Waals surface area contributed by atoms with Crippen molar-refractivity contribution in [2.75, 3.05) is 75.9 Å². The molecule has 0 radical (unpaired) electrons. The highest BCUT2D eigenvalue weighted by Crippen LogP contribution is 2.50. The molecule has 0 aromatic heterocycles. The Morgan fingerprint density at radius 1 is 1.02 bits per heavy atom. The second-order valence-corrected chi connectivity index (χ2v) is 22.8. The van der Waals surface area contributed by atoms with E-state index in [1.165, 1.54) is 11.1 Å². The first-order valence-electron chi connectivity index (χ1n) is 20.4. The van der Waals surface area contributed by atoms with Crippen molar-refractivity contribution in [3.63, 3.8) is 0 Å². The number of sulfone groups is 1. The quantitative estimate of drug-likeness (QED) is 0.419. The molecule has 6 aliphatic rings. The number of piperazine rings is 1. The van der Waals surface area contributed by atoms with E-state index in [0.29, 0.717) is 24.6 Å². The summed E-state index contributed by atoms with van der Waals surface area (Å²) in [6, 6.07) is 11.9. The first kappa shape index (κ1) is 39.5. The third-order valence-electron chi connectivity index (χ3n) is 14.5. The van der Waals surface area contributed by atoms with E-state index in [1.54, 1.807) is 6.07 Å². The molecule has 10 nitrogen and oxygen atoms in total. The van der Waals surface area contributed by atoms with Crippen LogP contribution in [0.1, 0.15) is 80.3 Å². The van der Waals surface area contributed by atoms with E-state index in [2.05, 4.69) is 44.3 Å². The van der Waals surface area contributed by atoms with Crippen LogP contribution < -0.4 is 14.4 Å². The Morgan fingerprint density at radius 3 is 2.64 bits per heavy atom. The standard InChI is InChI=1S/C42H59ClN4O6S2/c1-29-7-5-16-42(52-3,27-45-17-18-46-19-20-55(50,51)25-35(46)24-45)37-12-9-33(37)23-47-26-41(15-6-8-31-21-34(43)11-13-36(31)41)28-53-39-14-10-32(22-38(39)47)40(48)44-54(4,49)30(29)2/h10-11,13-14,21-22,29-30,33,35,37H,4-9,12,15-20,23-28H2,1-3H3,(H,44,48,49)/t29-,30+,33-,35+,37+,41-,42-,54?/m0/s1. The predicted molar refractivity (Wildman–Crippen MR) is 222 cm³/mol. The number of anilines is 1. The van der Waals surface area contributed by atoms with Crippen LogP contribution in [0.3, 0.4) is 0 Å². The highest BCUT2D eigenvalue weighted by molar-refractivity contribution is 7.99. The van der Waals surface area contributed by atoms with E-state index < -0.39 is 25.1 Å². The van der Waals surface area contributed by atoms with Gasteiger partial charge < -0.3 is 14.4 Å². The molecule has 8 atom stereocenters. The van der Waals surface area contributed by atoms with E-state index in [9.17, 15) is 17.4 Å². The molecule has 2 bridgehead atoms. The van der Waals surface area contributed by atoms with Gasteiger partial charge in [0.25, 0.3) is 5.91 Å². The maximum Gasteiger partial charge on any atom is 0.262 e. The van der Waals surface area contributed by atoms with Gasteiger partial charge in [-0.25, -0.2) is 12.6 Å². The van der Waals surface area contributed by atoms with Crippen LogP contribution in [-0.4, -0.2) is 122 Å². The van der Waals surface area contributed by atoms with Gasteiger partial charge in [0.1, 0.15) is 5.75 Å². The minimum absolute atomic E-state index is 0.0123. The minimum atomic E-state index is -3.04. The number of benzene rings is 2. The molecule has 2 aliphatic carbocycles. The Bertz CT molecular complexity index is 2010. The highest BCUT2D eigenvalue weighted by Gasteiger charge is 2.51. The molecule has 3 fully saturated rings. The van der Waals surface area contributed by atoms with Gasteiger partial charge in [-0.3, -0.25) is 19.3 Å². The number of amides is 1. The molecule has 1 saturated carbocycles. The summed E-state index contributed by atoms with van der Waals surface area (Å²) in [4.78, 5) is 21.2. The number of carbonyl (C=O) groups is 1. The minimum Gasteiger partial charge on any atom is -0.490 e. The molecule has 2 saturated heterocycles. The van der Waals surface area contributed by atoms with E-state index in [4.69, 9.17) is 21.1 Å². The van der Waals surface area contributed by atoms with Crippen molar-refractivity contribution >= 4 is 48.6 Å². The summed E-state index contributed by atoms with van der Waals surface area (Å²) in [6.45, 7) is 9.96. The van der Waals surface area contributed by atoms with Gasteiger partial charge in [0.2, 0.25) is 0 Å². The molecule has 4 heterocycles. The van der Waals surface area contributed by atoms with Crippen molar-refractivity contribution in [1.29, 1.82) is 0 Å². The zero-order valence-corrected chi connectivity index (χ0v) is 35.2. The smallest absolute Gasteiger partial charge is 0.262 e. The molecule has 2 aromatic rings. The number of ether oxygens (including phenoxy) is 2. The van der Waals surface area contributed by atoms with Gasteiger partial charge in [-0.15, -0.1) is 0 Å². The summed E-state index contributed by atoms with van der Waals surface area (Å²) in [7, 11) is -4.14. The average molecular weight is 816 g/mol. The maximum absolute atomic E-state index is 14.1. The zero-order valence-electron chi connectivity index (χ0n) is 32.8. The van der Waals surface area contributed by atoms with Crippen LogP contribution in [0, 0.1) is 17.8 Å². The number of hydrogen-bond donors (Lipinski definition) is 1. The summed E-state index contributed by atoms with van der Waals surface area (Å²) >= 11 is 6.52. The summed E-state index contributed by atoms with van der Waals surface area (Å²) in [5.41, 5.74) is 3.21. The van der Waals surface area contributed by atoms with Crippen molar-refractivity contribution in [2.45, 2.75) is 87.5 Å². The molecular formula is C42H59ClN4O6S2. The molecule has 1 N–H and O–H groups in total. The van der Waals surface area contributed by atoms with E-state index >= 15 is 0 Å². The van der Waals surface area contributed by atoms with Gasteiger partial charge in [0, 0.05) is 80.2 Å². The first-order chi connectivity index (χ1) is 26.2. The van der Waals surface area contributed by atoms with Gasteiger partial charge >= 0.3 is 0 Å². The predicted octanol–water partition coefficient (Wildman–Crippen LogP) is 5.21. The molecular weight excluding hydrogens is 756 g/mol. The second-order valence-electron chi connectivity index (χ2n) is 17.8. The number of hydrogen-bond acceptors (Lipinski definition) is 9. The summed E-state index contributed by atoms with van der Waals surface area (Å²) < 4.78 is 55.9. The largest absolute Gasteiger partial charge is 0.490 e. The lowest BCUT2D eigenvalue weighted by atomic mass is 9.62. The second kappa shape index (κ2) is 15.1. The summed E-state index contributed by atoms with van der Waals surface area (Å²) in [6.07, 6.45) is 7.70. The van der Waals surface area contributed by atoms with Crippen molar-refractivity contribution in [2.24, 2.45) is 17.8 Å².